The first kappa shape index (κ1) is 50.9. The molecule has 1 N–H and O–H groups in total. The molecule has 0 unspecified atom stereocenters. The lowest BCUT2D eigenvalue weighted by Gasteiger charge is -2.48. The number of nitrogens with zero attached hydrogens (tertiary/aromatic N) is 6. The Kier molecular flexibility index (Phi) is 16.6. The Morgan fingerprint density at radius 1 is 0.985 bits per heavy atom. The average Bonchev–Trinajstić information content (AvgIpc) is 3.83. The topological polar surface area (TPSA) is 194 Å². The summed E-state index contributed by atoms with van der Waals surface area (Å²) in [5.74, 6) is -4.78. The maximum absolute atomic E-state index is 15.0. The number of rotatable bonds is 14. The van der Waals surface area contributed by atoms with Crippen LogP contribution >= 0.6 is 0 Å². The van der Waals surface area contributed by atoms with E-state index in [0.29, 0.717) is 43.6 Å². The van der Waals surface area contributed by atoms with Gasteiger partial charge in [-0.05, 0) is 103 Å². The minimum absolute atomic E-state index is 0.101. The molecule has 3 aromatic rings. The molecule has 0 aliphatic carbocycles. The van der Waals surface area contributed by atoms with Crippen molar-refractivity contribution >= 4 is 35.0 Å². The van der Waals surface area contributed by atoms with E-state index in [2.05, 4.69) is 15.0 Å². The van der Waals surface area contributed by atoms with Crippen LogP contribution in [-0.2, 0) is 55.8 Å². The number of carbonyl (C=O) groups is 4. The number of imidazole rings is 1. The number of ether oxygens (including phenoxy) is 6. The first-order valence-corrected chi connectivity index (χ1v) is 23.7. The van der Waals surface area contributed by atoms with Crippen molar-refractivity contribution < 1.29 is 52.7 Å². The number of unbranched alkanes of at least 4 members (excludes halogenated alkanes) is 1. The molecule has 364 valence electrons. The molecule has 0 saturated carbocycles. The van der Waals surface area contributed by atoms with Gasteiger partial charge in [0.1, 0.15) is 24.1 Å². The number of esters is 2. The monoisotopic (exact) mass is 921 g/mol. The van der Waals surface area contributed by atoms with E-state index >= 15 is 4.79 Å². The highest BCUT2D eigenvalue weighted by Crippen LogP contribution is 2.44. The van der Waals surface area contributed by atoms with Crippen molar-refractivity contribution in [2.24, 2.45) is 23.7 Å². The highest BCUT2D eigenvalue weighted by molar-refractivity contribution is 5.85. The van der Waals surface area contributed by atoms with Gasteiger partial charge in [-0.1, -0.05) is 34.6 Å². The number of ketones is 1. The van der Waals surface area contributed by atoms with Crippen LogP contribution < -0.4 is 0 Å². The number of methoxy groups -OCH3 is 1. The lowest BCUT2D eigenvalue weighted by molar-refractivity contribution is -0.302. The Balaban J connectivity index is 1.37. The number of aryl methyl sites for hydroxylation is 1. The molecule has 66 heavy (non-hydrogen) atoms. The number of hydrogen-bond acceptors (Lipinski definition) is 15. The molecule has 3 aromatic heterocycles. The van der Waals surface area contributed by atoms with E-state index in [-0.39, 0.29) is 43.7 Å². The molecule has 3 aliphatic heterocycles. The fraction of sp³-hybridized carbons (Fsp3) is 0.694. The van der Waals surface area contributed by atoms with Gasteiger partial charge in [-0.15, -0.1) is 0 Å². The fourth-order valence-electron chi connectivity index (χ4n) is 10.7. The summed E-state index contributed by atoms with van der Waals surface area (Å²) in [5.41, 5.74) is -0.500. The van der Waals surface area contributed by atoms with Crippen molar-refractivity contribution in [2.75, 3.05) is 27.2 Å². The number of hydrogen-bond donors (Lipinski definition) is 1. The van der Waals surface area contributed by atoms with E-state index in [4.69, 9.17) is 28.4 Å². The molecule has 1 amide bonds. The van der Waals surface area contributed by atoms with Gasteiger partial charge in [-0.25, -0.2) is 14.8 Å². The van der Waals surface area contributed by atoms with Crippen LogP contribution in [0.3, 0.4) is 0 Å². The average molecular weight is 921 g/mol. The Hall–Kier alpha value is -4.55. The molecule has 6 heterocycles. The molecule has 17 heteroatoms. The van der Waals surface area contributed by atoms with Gasteiger partial charge in [0.2, 0.25) is 0 Å². The molecule has 0 aromatic carbocycles. The van der Waals surface area contributed by atoms with Crippen LogP contribution in [0.4, 0.5) is 4.79 Å². The van der Waals surface area contributed by atoms with Crippen molar-refractivity contribution in [3.8, 4) is 0 Å². The van der Waals surface area contributed by atoms with Crippen LogP contribution in [0, 0.1) is 23.7 Å². The first-order valence-electron chi connectivity index (χ1n) is 23.7. The first-order chi connectivity index (χ1) is 31.4. The van der Waals surface area contributed by atoms with Crippen molar-refractivity contribution in [3.05, 3.63) is 54.7 Å². The lowest BCUT2D eigenvalue weighted by Crippen LogP contribution is -2.61. The van der Waals surface area contributed by atoms with Crippen molar-refractivity contribution in [3.63, 3.8) is 0 Å². The van der Waals surface area contributed by atoms with Gasteiger partial charge in [0.25, 0.3) is 0 Å². The molecule has 14 atom stereocenters. The van der Waals surface area contributed by atoms with Gasteiger partial charge in [0, 0.05) is 62.6 Å². The number of aliphatic hydroxyl groups excluding tert-OH is 1. The molecule has 3 saturated heterocycles. The summed E-state index contributed by atoms with van der Waals surface area (Å²) in [7, 11) is 3.47. The third-order valence-corrected chi connectivity index (χ3v) is 14.5. The van der Waals surface area contributed by atoms with Crippen molar-refractivity contribution in [2.45, 2.75) is 167 Å². The zero-order valence-corrected chi connectivity index (χ0v) is 40.6. The zero-order valence-electron chi connectivity index (χ0n) is 40.6. The lowest BCUT2D eigenvalue weighted by atomic mass is 9.73. The number of amides is 1. The Bertz CT molecular complexity index is 2120. The van der Waals surface area contributed by atoms with E-state index in [1.807, 2.05) is 70.2 Å². The third kappa shape index (κ3) is 10.8. The van der Waals surface area contributed by atoms with E-state index in [1.165, 1.54) is 7.11 Å². The number of Topliss-reactive ketones (excluding diaryl/α,β-unsaturated/α-hetero) is 1. The summed E-state index contributed by atoms with van der Waals surface area (Å²) in [6, 6.07) is 6.14. The Labute approximate surface area is 389 Å². The van der Waals surface area contributed by atoms with E-state index < -0.39 is 89.7 Å². The SMILES string of the molecule is CC[C@H]1OC(=O)[C@H](C)[C@@H](OC(=O)Cc2ccncc2)[C@H](C)[C@@H](O[C@H]2O[C@@H](C)C[C@@H](N(C)CC)[C@@H]2O)[C@](C)(OC)C[C@@H](C)C(=O)[C@H](C)[C@H]2N(CCCCn3cnc4ncccc43)C(=O)O[C@]12C. The molecule has 3 fully saturated rings. The molecule has 6 rings (SSSR count). The van der Waals surface area contributed by atoms with Crippen molar-refractivity contribution in [1.82, 2.24) is 29.3 Å². The standard InChI is InChI=1S/C49H72N6O11/c1-12-37-49(9)42(55(47(60)66-49)24-15-14-23-54-28-52-44-35(54)17-16-20-51-44)31(5)39(57)29(3)27-48(8,61-11)43(65-46-40(58)36(53(10)13-2)25-30(4)62-46)32(6)41(33(7)45(59)63-37)64-38(56)26-34-18-21-50-22-19-34/h16-22,28-33,36-37,40-43,46,58H,12-15,23-27H2,1-11H3/t29-,30+,31+,32+,33-,36-,37-,40+,41+,42-,43-,46-,48-,49-/m1/s1. The predicted molar refractivity (Wildman–Crippen MR) is 244 cm³/mol. The maximum atomic E-state index is 15.0. The number of fused-ring (bicyclic) bond motifs is 2. The second kappa shape index (κ2) is 21.6. The number of aliphatic hydroxyl groups is 1. The summed E-state index contributed by atoms with van der Waals surface area (Å²) in [6.07, 6.45) is 2.46. The molecule has 3 aliphatic rings. The largest absolute Gasteiger partial charge is 0.461 e. The molecule has 17 nitrogen and oxygen atoms in total. The number of pyridine rings is 2. The van der Waals surface area contributed by atoms with Crippen LogP contribution in [0.25, 0.3) is 11.2 Å². The fourth-order valence-corrected chi connectivity index (χ4v) is 10.7. The predicted octanol–water partition coefficient (Wildman–Crippen LogP) is 5.79. The molecule has 0 spiro atoms. The van der Waals surface area contributed by atoms with Crippen LogP contribution in [0.1, 0.15) is 100.0 Å². The van der Waals surface area contributed by atoms with Crippen molar-refractivity contribution in [1.29, 1.82) is 0 Å². The maximum Gasteiger partial charge on any atom is 0.410 e. The molecule has 0 radical (unpaired) electrons. The molecular formula is C49H72N6O11. The van der Waals surface area contributed by atoms with Crippen LogP contribution in [0.5, 0.6) is 0 Å². The molecule has 0 bridgehead atoms. The third-order valence-electron chi connectivity index (χ3n) is 14.5. The summed E-state index contributed by atoms with van der Waals surface area (Å²) >= 11 is 0. The van der Waals surface area contributed by atoms with E-state index in [0.717, 1.165) is 5.52 Å². The number of aromatic nitrogens is 4. The normalized spacial score (nSPS) is 34.7. The summed E-state index contributed by atoms with van der Waals surface area (Å²) in [5, 5.41) is 11.9. The van der Waals surface area contributed by atoms with Gasteiger partial charge in [0.05, 0.1) is 48.0 Å². The summed E-state index contributed by atoms with van der Waals surface area (Å²) < 4.78 is 40.7. The van der Waals surface area contributed by atoms with E-state index in [1.54, 1.807) is 62.7 Å². The van der Waals surface area contributed by atoms with Gasteiger partial charge >= 0.3 is 18.0 Å². The number of carbonyl (C=O) groups excluding carboxylic acids is 4. The minimum Gasteiger partial charge on any atom is -0.461 e. The number of cyclic esters (lactones) is 1. The van der Waals surface area contributed by atoms with Gasteiger partial charge in [-0.3, -0.25) is 19.4 Å². The van der Waals surface area contributed by atoms with Crippen LogP contribution in [0.2, 0.25) is 0 Å². The Morgan fingerprint density at radius 3 is 2.38 bits per heavy atom. The van der Waals surface area contributed by atoms with Gasteiger partial charge < -0.3 is 47.9 Å². The number of likely N-dealkylation sites (N-methyl/N-ethyl adjacent to an activating group) is 1. The van der Waals surface area contributed by atoms with Crippen LogP contribution in [0.15, 0.2) is 49.2 Å². The quantitative estimate of drug-likeness (QED) is 0.116. The highest BCUT2D eigenvalue weighted by Gasteiger charge is 2.60. The van der Waals surface area contributed by atoms with E-state index in [9.17, 15) is 19.5 Å². The second-order valence-electron chi connectivity index (χ2n) is 19.2. The van der Waals surface area contributed by atoms with Gasteiger partial charge in [0.15, 0.2) is 17.5 Å². The summed E-state index contributed by atoms with van der Waals surface area (Å²) in [4.78, 5) is 74.3. The Morgan fingerprint density at radius 2 is 1.70 bits per heavy atom. The zero-order chi connectivity index (χ0) is 48.1. The van der Waals surface area contributed by atoms with Crippen LogP contribution in [-0.4, -0.2) is 146 Å². The van der Waals surface area contributed by atoms with Gasteiger partial charge in [-0.2, -0.15) is 0 Å². The smallest absolute Gasteiger partial charge is 0.410 e. The minimum atomic E-state index is -1.44. The summed E-state index contributed by atoms with van der Waals surface area (Å²) in [6.45, 7) is 18.0. The second-order valence-corrected chi connectivity index (χ2v) is 19.2. The molecular weight excluding hydrogens is 849 g/mol. The highest BCUT2D eigenvalue weighted by atomic mass is 16.7.